The smallest absolute Gasteiger partial charge is 0.227 e. The Labute approximate surface area is 148 Å². The van der Waals surface area contributed by atoms with Crippen LogP contribution in [0.25, 0.3) is 0 Å². The highest BCUT2D eigenvalue weighted by Gasteiger charge is 2.36. The average molecular weight is 355 g/mol. The molecule has 0 saturated carbocycles. The Balaban J connectivity index is 0.00000169. The molecule has 24 heavy (non-hydrogen) atoms. The fraction of sp³-hybridized carbons (Fsp3) is 0.611. The monoisotopic (exact) mass is 354 g/mol. The van der Waals surface area contributed by atoms with Crippen LogP contribution in [0.15, 0.2) is 18.2 Å². The molecular weight excluding hydrogens is 331 g/mol. The Hall–Kier alpha value is -1.33. The van der Waals surface area contributed by atoms with Crippen LogP contribution in [0.4, 0.5) is 10.1 Å². The van der Waals surface area contributed by atoms with Crippen LogP contribution in [0.3, 0.4) is 0 Å². The van der Waals surface area contributed by atoms with Crippen molar-refractivity contribution in [2.24, 2.45) is 5.92 Å². The van der Waals surface area contributed by atoms with Gasteiger partial charge >= 0.3 is 0 Å². The molecule has 0 aromatic heterocycles. The van der Waals surface area contributed by atoms with E-state index < -0.39 is 0 Å². The summed E-state index contributed by atoms with van der Waals surface area (Å²) in [6.07, 6.45) is 5.14. The fourth-order valence-electron chi connectivity index (χ4n) is 4.35. The first kappa shape index (κ1) is 17.5. The molecule has 0 aliphatic carbocycles. The zero-order valence-electron chi connectivity index (χ0n) is 13.8. The Bertz CT molecular complexity index is 615. The highest BCUT2D eigenvalue weighted by Crippen LogP contribution is 2.37. The van der Waals surface area contributed by atoms with E-state index in [0.29, 0.717) is 42.4 Å². The summed E-state index contributed by atoms with van der Waals surface area (Å²) in [4.78, 5) is 14.6. The number of piperidine rings is 1. The maximum absolute atomic E-state index is 13.4. The second-order valence-electron chi connectivity index (χ2n) is 7.22. The van der Waals surface area contributed by atoms with Crippen molar-refractivity contribution in [3.05, 3.63) is 24.0 Å². The van der Waals surface area contributed by atoms with Crippen molar-refractivity contribution in [2.45, 2.75) is 57.2 Å². The Kier molecular flexibility index (Phi) is 5.02. The number of benzene rings is 1. The van der Waals surface area contributed by atoms with Gasteiger partial charge in [0, 0.05) is 24.6 Å². The zero-order chi connectivity index (χ0) is 16.0. The molecule has 0 radical (unpaired) electrons. The summed E-state index contributed by atoms with van der Waals surface area (Å²) >= 11 is 0. The first-order chi connectivity index (χ1) is 11.1. The van der Waals surface area contributed by atoms with Gasteiger partial charge in [0.05, 0.1) is 12.2 Å². The molecule has 2 saturated heterocycles. The number of hydrogen-bond donors (Lipinski definition) is 1. The van der Waals surface area contributed by atoms with Crippen molar-refractivity contribution >= 4 is 24.0 Å². The van der Waals surface area contributed by atoms with Gasteiger partial charge in [-0.3, -0.25) is 4.79 Å². The van der Waals surface area contributed by atoms with Crippen molar-refractivity contribution < 1.29 is 13.9 Å². The van der Waals surface area contributed by atoms with E-state index in [1.165, 1.54) is 25.0 Å². The molecule has 3 heterocycles. The first-order valence-electron chi connectivity index (χ1n) is 8.61. The topological polar surface area (TPSA) is 41.6 Å². The molecule has 2 fully saturated rings. The number of hydrogen-bond acceptors (Lipinski definition) is 3. The number of fused-ring (bicyclic) bond motifs is 3. The number of nitrogens with one attached hydrogen (secondary N) is 1. The molecule has 6 heteroatoms. The molecule has 3 atom stereocenters. The van der Waals surface area contributed by atoms with Gasteiger partial charge in [-0.05, 0) is 50.7 Å². The predicted molar refractivity (Wildman–Crippen MR) is 93.4 cm³/mol. The summed E-state index contributed by atoms with van der Waals surface area (Å²) in [6.45, 7) is 2.45. The van der Waals surface area contributed by atoms with Crippen LogP contribution in [0.1, 0.15) is 39.0 Å². The number of halogens is 2. The maximum atomic E-state index is 13.4. The molecule has 3 unspecified atom stereocenters. The van der Waals surface area contributed by atoms with Crippen LogP contribution in [-0.4, -0.2) is 30.6 Å². The quantitative estimate of drug-likeness (QED) is 0.886. The second kappa shape index (κ2) is 6.89. The molecule has 1 aromatic rings. The average Bonchev–Trinajstić information content (AvgIpc) is 2.84. The number of carbonyl (C=O) groups is 1. The molecule has 4 nitrogen and oxygen atoms in total. The van der Waals surface area contributed by atoms with E-state index in [4.69, 9.17) is 4.74 Å². The lowest BCUT2D eigenvalue weighted by Crippen LogP contribution is -2.44. The van der Waals surface area contributed by atoms with Crippen LogP contribution in [0.2, 0.25) is 0 Å². The van der Waals surface area contributed by atoms with Gasteiger partial charge in [-0.1, -0.05) is 0 Å². The minimum absolute atomic E-state index is 0. The zero-order valence-corrected chi connectivity index (χ0v) is 14.7. The number of nitrogens with zero attached hydrogens (tertiary/aromatic N) is 1. The van der Waals surface area contributed by atoms with E-state index in [0.717, 1.165) is 12.8 Å². The Morgan fingerprint density at radius 2 is 2.04 bits per heavy atom. The van der Waals surface area contributed by atoms with Crippen LogP contribution in [-0.2, 0) is 4.79 Å². The van der Waals surface area contributed by atoms with Gasteiger partial charge < -0.3 is 15.0 Å². The number of carbonyl (C=O) groups excluding carboxylic acids is 1. The van der Waals surface area contributed by atoms with Crippen LogP contribution in [0, 0.1) is 11.7 Å². The molecule has 3 aliphatic heterocycles. The maximum Gasteiger partial charge on any atom is 0.227 e. The molecule has 1 amide bonds. The standard InChI is InChI=1S/C18H23FN2O2.ClH/c1-11-10-21(16-5-2-13(19)9-17(16)23-11)18(22)8-12-6-14-3-4-15(7-12)20-14;/h2,5,9,11-12,14-15,20H,3-4,6-8,10H2,1H3;1H. The molecule has 3 aliphatic rings. The predicted octanol–water partition coefficient (Wildman–Crippen LogP) is 3.28. The normalized spacial score (nSPS) is 31.0. The van der Waals surface area contributed by atoms with E-state index in [2.05, 4.69) is 5.32 Å². The Morgan fingerprint density at radius 1 is 1.33 bits per heavy atom. The lowest BCUT2D eigenvalue weighted by Gasteiger charge is -2.35. The van der Waals surface area contributed by atoms with Crippen molar-refractivity contribution in [1.29, 1.82) is 0 Å². The van der Waals surface area contributed by atoms with Gasteiger partial charge in [0.2, 0.25) is 5.91 Å². The van der Waals surface area contributed by atoms with Crippen molar-refractivity contribution in [1.82, 2.24) is 5.32 Å². The molecule has 1 aromatic carbocycles. The third kappa shape index (κ3) is 3.38. The molecule has 4 rings (SSSR count). The molecule has 132 valence electrons. The van der Waals surface area contributed by atoms with Gasteiger partial charge in [-0.15, -0.1) is 12.4 Å². The lowest BCUT2D eigenvalue weighted by atomic mass is 9.89. The third-order valence-electron chi connectivity index (χ3n) is 5.32. The lowest BCUT2D eigenvalue weighted by molar-refractivity contribution is -0.120. The second-order valence-corrected chi connectivity index (χ2v) is 7.22. The number of ether oxygens (including phenoxy) is 1. The first-order valence-corrected chi connectivity index (χ1v) is 8.61. The van der Waals surface area contributed by atoms with Gasteiger partial charge in [0.15, 0.2) is 0 Å². The van der Waals surface area contributed by atoms with Crippen LogP contribution in [0.5, 0.6) is 5.75 Å². The summed E-state index contributed by atoms with van der Waals surface area (Å²) in [5, 5.41) is 3.62. The van der Waals surface area contributed by atoms with E-state index in [9.17, 15) is 9.18 Å². The number of amides is 1. The van der Waals surface area contributed by atoms with E-state index in [1.54, 1.807) is 11.0 Å². The summed E-state index contributed by atoms with van der Waals surface area (Å²) < 4.78 is 19.1. The van der Waals surface area contributed by atoms with E-state index >= 15 is 0 Å². The highest BCUT2D eigenvalue weighted by atomic mass is 35.5. The molecular formula is C18H24ClFN2O2. The molecule has 0 spiro atoms. The summed E-state index contributed by atoms with van der Waals surface area (Å²) in [5.74, 6) is 0.741. The fourth-order valence-corrected chi connectivity index (χ4v) is 4.35. The highest BCUT2D eigenvalue weighted by molar-refractivity contribution is 5.95. The minimum atomic E-state index is -0.333. The van der Waals surface area contributed by atoms with Crippen LogP contribution < -0.4 is 15.0 Å². The summed E-state index contributed by atoms with van der Waals surface area (Å²) in [6, 6.07) is 5.60. The molecule has 2 bridgehead atoms. The van der Waals surface area contributed by atoms with Gasteiger partial charge in [-0.25, -0.2) is 4.39 Å². The van der Waals surface area contributed by atoms with Crippen molar-refractivity contribution in [3.8, 4) is 5.75 Å². The van der Waals surface area contributed by atoms with Gasteiger partial charge in [-0.2, -0.15) is 0 Å². The largest absolute Gasteiger partial charge is 0.487 e. The van der Waals surface area contributed by atoms with Gasteiger partial charge in [0.1, 0.15) is 17.7 Å². The van der Waals surface area contributed by atoms with Crippen molar-refractivity contribution in [3.63, 3.8) is 0 Å². The molecule has 1 N–H and O–H groups in total. The van der Waals surface area contributed by atoms with E-state index in [1.807, 2.05) is 6.92 Å². The Morgan fingerprint density at radius 3 is 2.75 bits per heavy atom. The van der Waals surface area contributed by atoms with Gasteiger partial charge in [0.25, 0.3) is 0 Å². The SMILES string of the molecule is CC1CN(C(=O)CC2CC3CCC(C2)N3)c2ccc(F)cc2O1.Cl. The van der Waals surface area contributed by atoms with E-state index in [-0.39, 0.29) is 30.2 Å². The summed E-state index contributed by atoms with van der Waals surface area (Å²) in [5.41, 5.74) is 0.700. The third-order valence-corrected chi connectivity index (χ3v) is 5.32. The van der Waals surface area contributed by atoms with Crippen molar-refractivity contribution in [2.75, 3.05) is 11.4 Å². The summed E-state index contributed by atoms with van der Waals surface area (Å²) in [7, 11) is 0. The minimum Gasteiger partial charge on any atom is -0.487 e. The van der Waals surface area contributed by atoms with Crippen LogP contribution >= 0.6 is 12.4 Å². The number of anilines is 1. The number of rotatable bonds is 2.